The molecule has 0 fully saturated rings. The normalized spacial score (nSPS) is 10.3. The smallest absolute Gasteiger partial charge is 0.164 e. The third kappa shape index (κ3) is 5.95. The van der Waals surface area contributed by atoms with Crippen LogP contribution in [0.25, 0.3) is 0 Å². The van der Waals surface area contributed by atoms with E-state index in [0.717, 1.165) is 19.6 Å². The molecule has 0 unspecified atom stereocenters. The fourth-order valence-electron chi connectivity index (χ4n) is 2.29. The largest absolute Gasteiger partial charge is 0.457 e. The van der Waals surface area contributed by atoms with Gasteiger partial charge in [-0.05, 0) is 61.6 Å². The Morgan fingerprint density at radius 2 is 1.46 bits per heavy atom. The van der Waals surface area contributed by atoms with Crippen molar-refractivity contribution in [3.05, 3.63) is 59.9 Å². The minimum absolute atomic E-state index is 0. The second-order valence-corrected chi connectivity index (χ2v) is 5.28. The zero-order valence-electron chi connectivity index (χ0n) is 14.0. The molecule has 0 amide bonds. The number of ketones is 1. The van der Waals surface area contributed by atoms with E-state index >= 15 is 0 Å². The van der Waals surface area contributed by atoms with Crippen LogP contribution in [0.1, 0.15) is 30.6 Å². The number of carbonyl (C=O) groups excluding carboxylic acids is 1. The van der Waals surface area contributed by atoms with E-state index in [-0.39, 0.29) is 24.0 Å². The first-order chi connectivity index (χ1) is 11.1. The number of nitrogens with zero attached hydrogens (tertiary/aromatic N) is 1. The van der Waals surface area contributed by atoms with Crippen molar-refractivity contribution in [1.29, 1.82) is 0 Å². The van der Waals surface area contributed by atoms with Crippen molar-refractivity contribution in [1.82, 2.24) is 4.90 Å². The topological polar surface area (TPSA) is 29.5 Å². The zero-order valence-corrected chi connectivity index (χ0v) is 14.8. The number of benzene rings is 2. The van der Waals surface area contributed by atoms with Crippen molar-refractivity contribution in [2.24, 2.45) is 0 Å². The highest BCUT2D eigenvalue weighted by Crippen LogP contribution is 2.22. The van der Waals surface area contributed by atoms with Crippen LogP contribution in [0.5, 0.6) is 11.5 Å². The lowest BCUT2D eigenvalue weighted by Crippen LogP contribution is -2.25. The van der Waals surface area contributed by atoms with Crippen LogP contribution >= 0.6 is 12.4 Å². The Kier molecular flexibility index (Phi) is 8.44. The van der Waals surface area contributed by atoms with Crippen molar-refractivity contribution >= 4 is 18.2 Å². The molecule has 0 atom stereocenters. The van der Waals surface area contributed by atoms with E-state index < -0.39 is 0 Å². The molecule has 0 bridgehead atoms. The molecule has 0 aliphatic carbocycles. The Labute approximate surface area is 148 Å². The Bertz CT molecular complexity index is 625. The van der Waals surface area contributed by atoms with Gasteiger partial charge in [-0.2, -0.15) is 0 Å². The highest BCUT2D eigenvalue weighted by molar-refractivity contribution is 5.96. The van der Waals surface area contributed by atoms with Crippen LogP contribution < -0.4 is 4.74 Å². The number of ether oxygens (including phenoxy) is 1. The van der Waals surface area contributed by atoms with Crippen LogP contribution in [-0.4, -0.2) is 30.3 Å². The van der Waals surface area contributed by atoms with Crippen LogP contribution in [0.3, 0.4) is 0 Å². The molecule has 0 saturated heterocycles. The molecule has 5 heteroatoms. The number of halogens is 2. The van der Waals surface area contributed by atoms with Crippen molar-refractivity contribution in [2.75, 3.05) is 19.6 Å². The monoisotopic (exact) mass is 351 g/mol. The molecule has 2 aromatic carbocycles. The molecule has 130 valence electrons. The highest BCUT2D eigenvalue weighted by Gasteiger charge is 2.08. The molecule has 0 saturated carbocycles. The van der Waals surface area contributed by atoms with Gasteiger partial charge in [-0.1, -0.05) is 13.8 Å². The van der Waals surface area contributed by atoms with Gasteiger partial charge in [0.05, 0.1) is 0 Å². The number of hydrogen-bond donors (Lipinski definition) is 0. The van der Waals surface area contributed by atoms with Crippen LogP contribution in [0.4, 0.5) is 4.39 Å². The summed E-state index contributed by atoms with van der Waals surface area (Å²) in [6.45, 7) is 6.87. The Hall–Kier alpha value is -1.91. The van der Waals surface area contributed by atoms with Gasteiger partial charge in [0.25, 0.3) is 0 Å². The summed E-state index contributed by atoms with van der Waals surface area (Å²) in [5.74, 6) is 1.01. The van der Waals surface area contributed by atoms with Crippen molar-refractivity contribution in [3.63, 3.8) is 0 Å². The fraction of sp³-hybridized carbons (Fsp3) is 0.316. The predicted octanol–water partition coefficient (Wildman–Crippen LogP) is 4.95. The summed E-state index contributed by atoms with van der Waals surface area (Å²) in [6.07, 6.45) is 0.514. The lowest BCUT2D eigenvalue weighted by atomic mass is 10.1. The summed E-state index contributed by atoms with van der Waals surface area (Å²) in [5, 5.41) is 0. The molecule has 2 rings (SSSR count). The third-order valence-corrected chi connectivity index (χ3v) is 3.78. The van der Waals surface area contributed by atoms with Crippen LogP contribution in [0, 0.1) is 5.82 Å². The van der Waals surface area contributed by atoms with Gasteiger partial charge < -0.3 is 9.64 Å². The van der Waals surface area contributed by atoms with E-state index in [1.54, 1.807) is 36.4 Å². The predicted molar refractivity (Wildman–Crippen MR) is 96.9 cm³/mol. The average molecular weight is 352 g/mol. The van der Waals surface area contributed by atoms with Gasteiger partial charge in [0.2, 0.25) is 0 Å². The highest BCUT2D eigenvalue weighted by atomic mass is 35.5. The van der Waals surface area contributed by atoms with E-state index in [1.165, 1.54) is 12.1 Å². The first-order valence-electron chi connectivity index (χ1n) is 7.91. The van der Waals surface area contributed by atoms with Gasteiger partial charge in [0, 0.05) is 18.5 Å². The van der Waals surface area contributed by atoms with Gasteiger partial charge >= 0.3 is 0 Å². The van der Waals surface area contributed by atoms with Crippen molar-refractivity contribution in [2.45, 2.75) is 20.3 Å². The summed E-state index contributed by atoms with van der Waals surface area (Å²) < 4.78 is 18.5. The van der Waals surface area contributed by atoms with Crippen LogP contribution in [-0.2, 0) is 0 Å². The first kappa shape index (κ1) is 20.1. The first-order valence-corrected chi connectivity index (χ1v) is 7.91. The quantitative estimate of drug-likeness (QED) is 0.630. The maximum absolute atomic E-state index is 12.9. The Morgan fingerprint density at radius 3 is 1.96 bits per heavy atom. The second kappa shape index (κ2) is 10.1. The maximum atomic E-state index is 12.9. The molecule has 2 aromatic rings. The molecule has 0 aliphatic heterocycles. The standard InChI is InChI=1S/C19H22FNO2.ClH/c1-3-21(4-2)14-13-19(22)15-5-9-17(10-6-15)23-18-11-7-16(20)8-12-18;/h5-12H,3-4,13-14H2,1-2H3;1H. The molecule has 0 radical (unpaired) electrons. The molecule has 0 aromatic heterocycles. The fourth-order valence-corrected chi connectivity index (χ4v) is 2.29. The zero-order chi connectivity index (χ0) is 16.7. The second-order valence-electron chi connectivity index (χ2n) is 5.28. The van der Waals surface area contributed by atoms with Crippen LogP contribution in [0.2, 0.25) is 0 Å². The summed E-state index contributed by atoms with van der Waals surface area (Å²) in [5.41, 5.74) is 0.684. The van der Waals surface area contributed by atoms with Gasteiger partial charge in [-0.15, -0.1) is 12.4 Å². The number of rotatable bonds is 8. The third-order valence-electron chi connectivity index (χ3n) is 3.78. The lowest BCUT2D eigenvalue weighted by Gasteiger charge is -2.17. The van der Waals surface area contributed by atoms with E-state index in [4.69, 9.17) is 4.74 Å². The minimum Gasteiger partial charge on any atom is -0.457 e. The molecule has 0 aliphatic rings. The molecule has 0 spiro atoms. The van der Waals surface area contributed by atoms with Crippen molar-refractivity contribution < 1.29 is 13.9 Å². The van der Waals surface area contributed by atoms with E-state index in [1.807, 2.05) is 0 Å². The summed E-state index contributed by atoms with van der Waals surface area (Å²) in [7, 11) is 0. The van der Waals surface area contributed by atoms with Gasteiger partial charge in [0.15, 0.2) is 5.78 Å². The minimum atomic E-state index is -0.300. The van der Waals surface area contributed by atoms with Gasteiger partial charge in [-0.3, -0.25) is 4.79 Å². The summed E-state index contributed by atoms with van der Waals surface area (Å²) in [4.78, 5) is 14.4. The maximum Gasteiger partial charge on any atom is 0.164 e. The average Bonchev–Trinajstić information content (AvgIpc) is 2.58. The summed E-state index contributed by atoms with van der Waals surface area (Å²) >= 11 is 0. The molecular formula is C19H23ClFNO2. The molecule has 24 heavy (non-hydrogen) atoms. The Morgan fingerprint density at radius 1 is 0.958 bits per heavy atom. The van der Waals surface area contributed by atoms with E-state index in [2.05, 4.69) is 18.7 Å². The van der Waals surface area contributed by atoms with Crippen molar-refractivity contribution in [3.8, 4) is 11.5 Å². The lowest BCUT2D eigenvalue weighted by molar-refractivity contribution is 0.0966. The number of carbonyl (C=O) groups is 1. The summed E-state index contributed by atoms with van der Waals surface area (Å²) in [6, 6.07) is 12.9. The molecular weight excluding hydrogens is 329 g/mol. The Balaban J connectivity index is 0.00000288. The van der Waals surface area contributed by atoms with Gasteiger partial charge in [-0.25, -0.2) is 4.39 Å². The van der Waals surface area contributed by atoms with Crippen LogP contribution in [0.15, 0.2) is 48.5 Å². The SMILES string of the molecule is CCN(CC)CCC(=O)c1ccc(Oc2ccc(F)cc2)cc1.Cl. The number of hydrogen-bond acceptors (Lipinski definition) is 3. The van der Waals surface area contributed by atoms with E-state index in [0.29, 0.717) is 23.5 Å². The number of Topliss-reactive ketones (excluding diaryl/α,β-unsaturated/α-hetero) is 1. The van der Waals surface area contributed by atoms with E-state index in [9.17, 15) is 9.18 Å². The molecule has 3 nitrogen and oxygen atoms in total. The molecule has 0 N–H and O–H groups in total. The molecule has 0 heterocycles. The van der Waals surface area contributed by atoms with Gasteiger partial charge in [0.1, 0.15) is 17.3 Å².